The van der Waals surface area contributed by atoms with Crippen molar-refractivity contribution in [3.05, 3.63) is 40.1 Å². The Kier molecular flexibility index (Phi) is 4.35. The molecule has 2 N–H and O–H groups in total. The maximum atomic E-state index is 5.98. The van der Waals surface area contributed by atoms with Crippen molar-refractivity contribution in [3.8, 4) is 0 Å². The van der Waals surface area contributed by atoms with Crippen molar-refractivity contribution < 1.29 is 0 Å². The van der Waals surface area contributed by atoms with Gasteiger partial charge in [-0.05, 0) is 30.7 Å². The number of nitrogens with zero attached hydrogens (tertiary/aromatic N) is 2. The highest BCUT2D eigenvalue weighted by Gasteiger charge is 2.06. The number of aromatic nitrogens is 2. The number of nitrogen functional groups attached to an aromatic ring is 1. The molecular weight excluding hydrogens is 310 g/mol. The molecule has 0 amide bonds. The van der Waals surface area contributed by atoms with Crippen LogP contribution in [-0.4, -0.2) is 9.78 Å². The largest absolute Gasteiger partial charge is 0.398 e. The van der Waals surface area contributed by atoms with Crippen LogP contribution in [0.1, 0.15) is 18.3 Å². The third-order valence-corrected chi connectivity index (χ3v) is 4.35. The predicted molar refractivity (Wildman–Crippen MR) is 80.7 cm³/mol. The third kappa shape index (κ3) is 3.09. The quantitative estimate of drug-likeness (QED) is 0.689. The van der Waals surface area contributed by atoms with Crippen molar-refractivity contribution >= 4 is 33.4 Å². The van der Waals surface area contributed by atoms with E-state index in [0.29, 0.717) is 0 Å². The Bertz CT molecular complexity index is 551. The summed E-state index contributed by atoms with van der Waals surface area (Å²) in [5.41, 5.74) is 9.15. The first-order valence-electron chi connectivity index (χ1n) is 5.79. The van der Waals surface area contributed by atoms with Gasteiger partial charge in [-0.15, -0.1) is 11.8 Å². The number of anilines is 1. The van der Waals surface area contributed by atoms with E-state index in [4.69, 9.17) is 5.73 Å². The zero-order valence-corrected chi connectivity index (χ0v) is 12.9. The Labute approximate surface area is 120 Å². The fourth-order valence-corrected chi connectivity index (χ4v) is 3.02. The number of halogens is 1. The predicted octanol–water partition coefficient (Wildman–Crippen LogP) is 3.62. The van der Waals surface area contributed by atoms with Crippen LogP contribution >= 0.6 is 27.7 Å². The molecule has 0 aliphatic heterocycles. The smallest absolute Gasteiger partial charge is 0.0625 e. The molecule has 96 valence electrons. The fraction of sp³-hybridized carbons (Fsp3) is 0.308. The Hall–Kier alpha value is -0.940. The number of nitrogens with two attached hydrogens (primary N) is 1. The zero-order chi connectivity index (χ0) is 13.1. The number of benzene rings is 1. The molecule has 0 atom stereocenters. The molecule has 0 unspecified atom stereocenters. The van der Waals surface area contributed by atoms with Gasteiger partial charge < -0.3 is 5.73 Å². The Morgan fingerprint density at radius 1 is 1.39 bits per heavy atom. The minimum atomic E-state index is 0.812. The molecule has 0 saturated carbocycles. The van der Waals surface area contributed by atoms with Gasteiger partial charge >= 0.3 is 0 Å². The number of aryl methyl sites for hydroxylation is 2. The summed E-state index contributed by atoms with van der Waals surface area (Å²) in [4.78, 5) is 1.11. The highest BCUT2D eigenvalue weighted by atomic mass is 79.9. The standard InChI is InChI=1S/C13H16BrN3S/c1-3-10-7-11(17(2)16-10)8-18-13-5-4-9(14)6-12(13)15/h4-7H,3,8,15H2,1-2H3. The molecule has 0 saturated heterocycles. The first-order valence-corrected chi connectivity index (χ1v) is 7.57. The SMILES string of the molecule is CCc1cc(CSc2ccc(Br)cc2N)n(C)n1. The van der Waals surface area contributed by atoms with Crippen LogP contribution in [0.3, 0.4) is 0 Å². The average molecular weight is 326 g/mol. The molecule has 0 aliphatic carbocycles. The van der Waals surface area contributed by atoms with Crippen LogP contribution in [0.2, 0.25) is 0 Å². The minimum Gasteiger partial charge on any atom is -0.398 e. The van der Waals surface area contributed by atoms with Crippen LogP contribution < -0.4 is 5.73 Å². The fourth-order valence-electron chi connectivity index (χ4n) is 1.68. The summed E-state index contributed by atoms with van der Waals surface area (Å²) >= 11 is 5.15. The maximum absolute atomic E-state index is 5.98. The van der Waals surface area contributed by atoms with E-state index in [9.17, 15) is 0 Å². The first kappa shape index (κ1) is 13.5. The van der Waals surface area contributed by atoms with Gasteiger partial charge in [0.2, 0.25) is 0 Å². The molecule has 1 heterocycles. The molecule has 0 aliphatic rings. The van der Waals surface area contributed by atoms with Gasteiger partial charge in [-0.1, -0.05) is 22.9 Å². The second-order valence-corrected chi connectivity index (χ2v) is 6.01. The van der Waals surface area contributed by atoms with E-state index in [1.54, 1.807) is 11.8 Å². The second-order valence-electron chi connectivity index (χ2n) is 4.07. The lowest BCUT2D eigenvalue weighted by Gasteiger charge is -2.06. The Morgan fingerprint density at radius 2 is 2.17 bits per heavy atom. The number of rotatable bonds is 4. The summed E-state index contributed by atoms with van der Waals surface area (Å²) in [5, 5.41) is 4.44. The van der Waals surface area contributed by atoms with Crippen LogP contribution in [0.15, 0.2) is 33.6 Å². The van der Waals surface area contributed by atoms with Crippen molar-refractivity contribution in [1.29, 1.82) is 0 Å². The van der Waals surface area contributed by atoms with Crippen LogP contribution in [-0.2, 0) is 19.2 Å². The van der Waals surface area contributed by atoms with Crippen LogP contribution in [0.4, 0.5) is 5.69 Å². The lowest BCUT2D eigenvalue weighted by atomic mass is 10.3. The monoisotopic (exact) mass is 325 g/mol. The van der Waals surface area contributed by atoms with Gasteiger partial charge in [0.1, 0.15) is 0 Å². The molecule has 0 spiro atoms. The topological polar surface area (TPSA) is 43.8 Å². The molecule has 0 radical (unpaired) electrons. The van der Waals surface area contributed by atoms with Crippen LogP contribution in [0.25, 0.3) is 0 Å². The average Bonchev–Trinajstić information content (AvgIpc) is 2.69. The van der Waals surface area contributed by atoms with Gasteiger partial charge in [0, 0.05) is 33.6 Å². The molecule has 1 aromatic carbocycles. The van der Waals surface area contributed by atoms with Crippen molar-refractivity contribution in [1.82, 2.24) is 9.78 Å². The van der Waals surface area contributed by atoms with Crippen molar-refractivity contribution in [2.75, 3.05) is 5.73 Å². The van der Waals surface area contributed by atoms with Gasteiger partial charge in [0.25, 0.3) is 0 Å². The van der Waals surface area contributed by atoms with E-state index in [1.165, 1.54) is 5.69 Å². The molecule has 1 aromatic heterocycles. The molecule has 0 bridgehead atoms. The second kappa shape index (κ2) is 5.80. The van der Waals surface area contributed by atoms with E-state index in [1.807, 2.05) is 29.9 Å². The summed E-state index contributed by atoms with van der Waals surface area (Å²) in [5.74, 6) is 0.884. The highest BCUT2D eigenvalue weighted by Crippen LogP contribution is 2.30. The van der Waals surface area contributed by atoms with E-state index < -0.39 is 0 Å². The van der Waals surface area contributed by atoms with Gasteiger partial charge in [0.05, 0.1) is 5.69 Å². The lowest BCUT2D eigenvalue weighted by molar-refractivity contribution is 0.720. The summed E-state index contributed by atoms with van der Waals surface area (Å²) in [7, 11) is 1.99. The van der Waals surface area contributed by atoms with E-state index >= 15 is 0 Å². The maximum Gasteiger partial charge on any atom is 0.0625 e. The summed E-state index contributed by atoms with van der Waals surface area (Å²) < 4.78 is 2.96. The van der Waals surface area contributed by atoms with E-state index in [-0.39, 0.29) is 0 Å². The van der Waals surface area contributed by atoms with Gasteiger partial charge in [-0.25, -0.2) is 0 Å². The minimum absolute atomic E-state index is 0.812. The Balaban J connectivity index is 2.08. The summed E-state index contributed by atoms with van der Waals surface area (Å²) in [6.07, 6.45) is 0.971. The van der Waals surface area contributed by atoms with Crippen LogP contribution in [0.5, 0.6) is 0 Å². The van der Waals surface area contributed by atoms with E-state index in [0.717, 1.165) is 32.9 Å². The summed E-state index contributed by atoms with van der Waals surface area (Å²) in [6, 6.07) is 8.14. The molecule has 18 heavy (non-hydrogen) atoms. The number of hydrogen-bond acceptors (Lipinski definition) is 3. The van der Waals surface area contributed by atoms with Crippen molar-refractivity contribution in [2.45, 2.75) is 24.0 Å². The van der Waals surface area contributed by atoms with Crippen LogP contribution in [0, 0.1) is 0 Å². The van der Waals surface area contributed by atoms with Gasteiger partial charge in [0.15, 0.2) is 0 Å². The van der Waals surface area contributed by atoms with Crippen molar-refractivity contribution in [3.63, 3.8) is 0 Å². The molecule has 2 aromatic rings. The first-order chi connectivity index (χ1) is 8.60. The number of hydrogen-bond donors (Lipinski definition) is 1. The summed E-state index contributed by atoms with van der Waals surface area (Å²) in [6.45, 7) is 2.12. The van der Waals surface area contributed by atoms with Crippen molar-refractivity contribution in [2.24, 2.45) is 7.05 Å². The molecule has 2 rings (SSSR count). The number of thioether (sulfide) groups is 1. The van der Waals surface area contributed by atoms with Gasteiger partial charge in [-0.3, -0.25) is 4.68 Å². The van der Waals surface area contributed by atoms with E-state index in [2.05, 4.69) is 34.0 Å². The lowest BCUT2D eigenvalue weighted by Crippen LogP contribution is -1.97. The Morgan fingerprint density at radius 3 is 2.78 bits per heavy atom. The van der Waals surface area contributed by atoms with Gasteiger partial charge in [-0.2, -0.15) is 5.10 Å². The highest BCUT2D eigenvalue weighted by molar-refractivity contribution is 9.10. The molecular formula is C13H16BrN3S. The molecule has 0 fully saturated rings. The third-order valence-electron chi connectivity index (χ3n) is 2.74. The molecule has 3 nitrogen and oxygen atoms in total. The molecule has 5 heteroatoms. The zero-order valence-electron chi connectivity index (χ0n) is 10.5. The normalized spacial score (nSPS) is 10.8.